The van der Waals surface area contributed by atoms with Crippen molar-refractivity contribution in [3.05, 3.63) is 89.4 Å². The molecule has 4 aromatic rings. The van der Waals surface area contributed by atoms with Gasteiger partial charge < -0.3 is 14.7 Å². The van der Waals surface area contributed by atoms with Gasteiger partial charge in [-0.2, -0.15) is 0 Å². The van der Waals surface area contributed by atoms with Gasteiger partial charge in [-0.1, -0.05) is 48.0 Å². The first-order valence-corrected chi connectivity index (χ1v) is 13.9. The molecule has 0 bridgehead atoms. The number of carbonyl (C=O) groups is 1. The van der Waals surface area contributed by atoms with E-state index >= 15 is 0 Å². The Morgan fingerprint density at radius 3 is 2.25 bits per heavy atom. The molecule has 0 aliphatic carbocycles. The van der Waals surface area contributed by atoms with Crippen molar-refractivity contribution in [2.75, 3.05) is 34.3 Å². The van der Waals surface area contributed by atoms with E-state index < -0.39 is 0 Å². The van der Waals surface area contributed by atoms with E-state index in [2.05, 4.69) is 81.9 Å². The van der Waals surface area contributed by atoms with Gasteiger partial charge in [-0.15, -0.1) is 10.2 Å². The minimum atomic E-state index is -0.156. The lowest BCUT2D eigenvalue weighted by Gasteiger charge is -2.41. The zero-order valence-corrected chi connectivity index (χ0v) is 24.2. The van der Waals surface area contributed by atoms with Gasteiger partial charge in [0.05, 0.1) is 18.1 Å². The average molecular weight is 536 g/mol. The van der Waals surface area contributed by atoms with E-state index in [1.54, 1.807) is 17.3 Å². The van der Waals surface area contributed by atoms with Crippen LogP contribution in [0.15, 0.2) is 67.0 Å². The maximum Gasteiger partial charge on any atom is 0.278 e. The summed E-state index contributed by atoms with van der Waals surface area (Å²) >= 11 is 0. The molecule has 3 heterocycles. The third-order valence-corrected chi connectivity index (χ3v) is 7.67. The van der Waals surface area contributed by atoms with Gasteiger partial charge in [0.1, 0.15) is 11.5 Å². The number of benzene rings is 2. The van der Waals surface area contributed by atoms with Crippen molar-refractivity contribution < 1.29 is 4.79 Å². The summed E-state index contributed by atoms with van der Waals surface area (Å²) in [6.07, 6.45) is 3.31. The second-order valence-electron chi connectivity index (χ2n) is 10.8. The van der Waals surface area contributed by atoms with Crippen LogP contribution in [0.3, 0.4) is 0 Å². The predicted molar refractivity (Wildman–Crippen MR) is 161 cm³/mol. The molecule has 1 saturated heterocycles. The Labute approximate surface area is 236 Å². The summed E-state index contributed by atoms with van der Waals surface area (Å²) in [7, 11) is 0. The topological polar surface area (TPSA) is 78.4 Å². The molecule has 5 rings (SSSR count). The van der Waals surface area contributed by atoms with Gasteiger partial charge in [0.15, 0.2) is 5.82 Å². The molecule has 8 nitrogen and oxygen atoms in total. The zero-order chi connectivity index (χ0) is 28.4. The Bertz CT molecular complexity index is 1470. The molecule has 206 valence electrons. The van der Waals surface area contributed by atoms with Gasteiger partial charge in [-0.25, -0.2) is 9.97 Å². The number of rotatable bonds is 6. The van der Waals surface area contributed by atoms with Crippen molar-refractivity contribution in [2.24, 2.45) is 0 Å². The maximum atomic E-state index is 13.3. The van der Waals surface area contributed by atoms with Crippen LogP contribution in [-0.4, -0.2) is 57.8 Å². The van der Waals surface area contributed by atoms with E-state index in [0.717, 1.165) is 59.3 Å². The van der Waals surface area contributed by atoms with Crippen LogP contribution in [0.25, 0.3) is 11.3 Å². The summed E-state index contributed by atoms with van der Waals surface area (Å²) < 4.78 is 0. The fourth-order valence-corrected chi connectivity index (χ4v) is 5.31. The van der Waals surface area contributed by atoms with Crippen LogP contribution in [0.5, 0.6) is 0 Å². The van der Waals surface area contributed by atoms with Crippen molar-refractivity contribution in [3.63, 3.8) is 0 Å². The molecule has 2 aromatic heterocycles. The molecule has 1 fully saturated rings. The molecule has 2 aromatic carbocycles. The highest BCUT2D eigenvalue weighted by atomic mass is 16.2. The third kappa shape index (κ3) is 5.39. The summed E-state index contributed by atoms with van der Waals surface area (Å²) in [6, 6.07) is 18.3. The molecule has 8 heteroatoms. The van der Waals surface area contributed by atoms with Gasteiger partial charge >= 0.3 is 0 Å². The lowest BCUT2D eigenvalue weighted by atomic mass is 10.0. The lowest BCUT2D eigenvalue weighted by molar-refractivity contribution is 0.0975. The highest BCUT2D eigenvalue weighted by Gasteiger charge is 2.28. The van der Waals surface area contributed by atoms with Crippen LogP contribution in [0.4, 0.5) is 17.3 Å². The van der Waals surface area contributed by atoms with Gasteiger partial charge in [-0.05, 0) is 64.8 Å². The summed E-state index contributed by atoms with van der Waals surface area (Å²) in [6.45, 7) is 14.9. The minimum Gasteiger partial charge on any atom is -0.351 e. The van der Waals surface area contributed by atoms with E-state index in [1.807, 2.05) is 44.2 Å². The van der Waals surface area contributed by atoms with Crippen molar-refractivity contribution in [3.8, 4) is 11.3 Å². The highest BCUT2D eigenvalue weighted by Crippen LogP contribution is 2.30. The smallest absolute Gasteiger partial charge is 0.278 e. The monoisotopic (exact) mass is 535 g/mol. The van der Waals surface area contributed by atoms with E-state index in [9.17, 15) is 4.79 Å². The van der Waals surface area contributed by atoms with Crippen LogP contribution in [0, 0.1) is 20.8 Å². The van der Waals surface area contributed by atoms with E-state index in [1.165, 1.54) is 5.56 Å². The van der Waals surface area contributed by atoms with Crippen molar-refractivity contribution in [1.29, 1.82) is 0 Å². The summed E-state index contributed by atoms with van der Waals surface area (Å²) in [4.78, 5) is 28.8. The van der Waals surface area contributed by atoms with Crippen LogP contribution in [0.1, 0.15) is 48.0 Å². The number of para-hydroxylation sites is 1. The van der Waals surface area contributed by atoms with Crippen molar-refractivity contribution in [1.82, 2.24) is 20.2 Å². The normalized spacial score (nSPS) is 15.4. The first-order chi connectivity index (χ1) is 19.2. The Kier molecular flexibility index (Phi) is 7.78. The Balaban J connectivity index is 1.29. The molecular weight excluding hydrogens is 498 g/mol. The molecule has 1 aliphatic rings. The van der Waals surface area contributed by atoms with Crippen LogP contribution < -0.4 is 14.7 Å². The van der Waals surface area contributed by atoms with Gasteiger partial charge in [0.25, 0.3) is 5.91 Å². The largest absolute Gasteiger partial charge is 0.351 e. The molecule has 0 saturated carbocycles. The van der Waals surface area contributed by atoms with Crippen molar-refractivity contribution >= 4 is 23.2 Å². The Hall–Kier alpha value is -4.33. The second-order valence-corrected chi connectivity index (χ2v) is 10.8. The van der Waals surface area contributed by atoms with Crippen molar-refractivity contribution in [2.45, 2.75) is 53.6 Å². The molecule has 1 atom stereocenters. The fourth-order valence-electron chi connectivity index (χ4n) is 5.31. The molecular formula is C32H37N7O. The van der Waals surface area contributed by atoms with Gasteiger partial charge in [0.2, 0.25) is 0 Å². The molecule has 0 radical (unpaired) electrons. The lowest BCUT2D eigenvalue weighted by Crippen LogP contribution is -2.53. The predicted octanol–water partition coefficient (Wildman–Crippen LogP) is 5.63. The van der Waals surface area contributed by atoms with Crippen LogP contribution >= 0.6 is 0 Å². The van der Waals surface area contributed by atoms with E-state index in [4.69, 9.17) is 0 Å². The Morgan fingerprint density at radius 2 is 1.62 bits per heavy atom. The number of anilines is 3. The number of aryl methyl sites for hydroxylation is 1. The van der Waals surface area contributed by atoms with Crippen LogP contribution in [0.2, 0.25) is 0 Å². The Morgan fingerprint density at radius 1 is 0.900 bits per heavy atom. The standard InChI is InChI=1S/C32H37N7O/c1-21(2)39(27-10-8-7-9-11-27)32(40)28-18-34-29(19-33-28)38-17-16-37(20-23(38)4)31-25(6)24(5)30(35-36-31)26-14-12-22(3)13-15-26/h7-15,18-19,21,23H,16-17,20H2,1-6H3/t23-/m1/s1. The quantitative estimate of drug-likeness (QED) is 0.317. The molecule has 1 aliphatic heterocycles. The average Bonchev–Trinajstić information content (AvgIpc) is 2.95. The third-order valence-electron chi connectivity index (χ3n) is 7.67. The number of piperazine rings is 1. The molecule has 0 spiro atoms. The number of hydrogen-bond acceptors (Lipinski definition) is 7. The fraction of sp³-hybridized carbons (Fsp3) is 0.344. The SMILES string of the molecule is Cc1ccc(-c2nnc(N3CCN(c4cnc(C(=O)N(c5ccccc5)C(C)C)cn4)[C@H](C)C3)c(C)c2C)cc1. The summed E-state index contributed by atoms with van der Waals surface area (Å²) in [5, 5.41) is 9.30. The van der Waals surface area contributed by atoms with Gasteiger partial charge in [-0.3, -0.25) is 4.79 Å². The highest BCUT2D eigenvalue weighted by molar-refractivity contribution is 6.05. The van der Waals surface area contributed by atoms with Gasteiger partial charge in [0, 0.05) is 43.0 Å². The zero-order valence-electron chi connectivity index (χ0n) is 24.2. The van der Waals surface area contributed by atoms with E-state index in [-0.39, 0.29) is 18.0 Å². The summed E-state index contributed by atoms with van der Waals surface area (Å²) in [5.41, 5.74) is 6.74. The minimum absolute atomic E-state index is 0.00868. The van der Waals surface area contributed by atoms with E-state index in [0.29, 0.717) is 5.69 Å². The number of nitrogens with zero attached hydrogens (tertiary/aromatic N) is 7. The first kappa shape index (κ1) is 27.2. The summed E-state index contributed by atoms with van der Waals surface area (Å²) in [5.74, 6) is 1.55. The number of amides is 1. The maximum absolute atomic E-state index is 13.3. The van der Waals surface area contributed by atoms with Crippen LogP contribution in [-0.2, 0) is 0 Å². The first-order valence-electron chi connectivity index (χ1n) is 13.9. The number of aromatic nitrogens is 4. The molecule has 0 unspecified atom stereocenters. The molecule has 1 amide bonds. The molecule has 40 heavy (non-hydrogen) atoms. The number of carbonyl (C=O) groups excluding carboxylic acids is 1. The molecule has 0 N–H and O–H groups in total. The number of hydrogen-bond donors (Lipinski definition) is 0. The second kappa shape index (κ2) is 11.4.